The molecule has 0 saturated carbocycles. The zero-order valence-electron chi connectivity index (χ0n) is 27.4. The molecule has 0 unspecified atom stereocenters. The summed E-state index contributed by atoms with van der Waals surface area (Å²) in [6.07, 6.45) is 0. The van der Waals surface area contributed by atoms with Gasteiger partial charge in [0.15, 0.2) is 5.75 Å². The molecule has 0 fully saturated rings. The third kappa shape index (κ3) is 5.34. The van der Waals surface area contributed by atoms with Crippen molar-refractivity contribution in [2.75, 3.05) is 4.90 Å². The number of hydrogen-bond acceptors (Lipinski definition) is 2. The van der Waals surface area contributed by atoms with Gasteiger partial charge in [0.05, 0.1) is 5.69 Å². The van der Waals surface area contributed by atoms with Gasteiger partial charge in [0, 0.05) is 22.5 Å². The molecule has 0 radical (unpaired) electrons. The van der Waals surface area contributed by atoms with Gasteiger partial charge >= 0.3 is 0 Å². The number of ether oxygens (including phenoxy) is 1. The largest absolute Gasteiger partial charge is 0.454 e. The number of anilines is 3. The molecule has 0 N–H and O–H groups in total. The van der Waals surface area contributed by atoms with Gasteiger partial charge in [-0.05, 0) is 80.9 Å². The Bertz CT molecular complexity index is 2330. The van der Waals surface area contributed by atoms with Crippen LogP contribution < -0.4 is 9.64 Å². The van der Waals surface area contributed by atoms with Crippen LogP contribution >= 0.6 is 0 Å². The van der Waals surface area contributed by atoms with E-state index < -0.39 is 0 Å². The number of para-hydroxylation sites is 1. The molecule has 0 atom stereocenters. The van der Waals surface area contributed by atoms with Crippen LogP contribution in [0.4, 0.5) is 17.1 Å². The summed E-state index contributed by atoms with van der Waals surface area (Å²) in [5.41, 5.74) is 14.6. The topological polar surface area (TPSA) is 12.5 Å². The minimum atomic E-state index is 0.822. The highest BCUT2D eigenvalue weighted by Gasteiger charge is 2.28. The molecular weight excluding hydrogens is 607 g/mol. The van der Waals surface area contributed by atoms with Gasteiger partial charge in [-0.3, -0.25) is 0 Å². The second-order valence-electron chi connectivity index (χ2n) is 12.5. The summed E-state index contributed by atoms with van der Waals surface area (Å²) in [6, 6.07) is 70.8. The zero-order chi connectivity index (χ0) is 33.3. The highest BCUT2D eigenvalue weighted by Crippen LogP contribution is 2.54. The van der Waals surface area contributed by atoms with Gasteiger partial charge in [0.1, 0.15) is 5.75 Å². The molecular formula is C48H33NO. The molecule has 8 aromatic rings. The van der Waals surface area contributed by atoms with Crippen LogP contribution in [0.25, 0.3) is 55.6 Å². The van der Waals surface area contributed by atoms with Gasteiger partial charge in [0.25, 0.3) is 0 Å². The number of fused-ring (bicyclic) bond motifs is 5. The summed E-state index contributed by atoms with van der Waals surface area (Å²) < 4.78 is 7.15. The lowest BCUT2D eigenvalue weighted by molar-refractivity contribution is 0.489. The number of rotatable bonds is 6. The van der Waals surface area contributed by atoms with E-state index in [9.17, 15) is 0 Å². The average Bonchev–Trinajstić information content (AvgIpc) is 3.35. The number of nitrogens with zero attached hydrogens (tertiary/aromatic N) is 1. The summed E-state index contributed by atoms with van der Waals surface area (Å²) in [6.45, 7) is 0. The molecule has 0 aliphatic carbocycles. The first kappa shape index (κ1) is 29.5. The molecule has 0 aromatic heterocycles. The van der Waals surface area contributed by atoms with Crippen molar-refractivity contribution in [2.24, 2.45) is 0 Å². The van der Waals surface area contributed by atoms with Crippen molar-refractivity contribution in [2.45, 2.75) is 0 Å². The second kappa shape index (κ2) is 12.8. The summed E-state index contributed by atoms with van der Waals surface area (Å²) in [5.74, 6) is 1.66. The van der Waals surface area contributed by atoms with Crippen LogP contribution in [0.5, 0.6) is 11.5 Å². The van der Waals surface area contributed by atoms with Gasteiger partial charge in [-0.1, -0.05) is 164 Å². The van der Waals surface area contributed by atoms with Crippen molar-refractivity contribution in [3.8, 4) is 67.1 Å². The summed E-state index contributed by atoms with van der Waals surface area (Å²) in [5, 5.41) is 0. The van der Waals surface area contributed by atoms with E-state index in [-0.39, 0.29) is 0 Å². The standard InChI is InChI=1S/C48H33NO/c1-4-14-34(15-5-1)36-26-30-39(31-27-36)49(40-32-28-37(29-33-40)35-16-6-2-7-17-35)45-24-12-23-44-42-20-10-11-21-43(42)47-41(38-18-8-3-9-19-38)22-13-25-46(47)50-48(44)45/h1-33H. The molecule has 2 heteroatoms. The predicted molar refractivity (Wildman–Crippen MR) is 208 cm³/mol. The predicted octanol–water partition coefficient (Wildman–Crippen LogP) is 13.6. The molecule has 1 heterocycles. The third-order valence-corrected chi connectivity index (χ3v) is 9.51. The monoisotopic (exact) mass is 639 g/mol. The van der Waals surface area contributed by atoms with E-state index in [0.717, 1.165) is 61.9 Å². The highest BCUT2D eigenvalue weighted by atomic mass is 16.5. The fraction of sp³-hybridized carbons (Fsp3) is 0. The number of hydrogen-bond donors (Lipinski definition) is 0. The molecule has 236 valence electrons. The fourth-order valence-electron chi connectivity index (χ4n) is 7.11. The fourth-order valence-corrected chi connectivity index (χ4v) is 7.11. The van der Waals surface area contributed by atoms with Crippen molar-refractivity contribution < 1.29 is 4.74 Å². The van der Waals surface area contributed by atoms with Gasteiger partial charge < -0.3 is 9.64 Å². The number of benzene rings is 8. The van der Waals surface area contributed by atoms with Crippen molar-refractivity contribution in [3.05, 3.63) is 200 Å². The molecule has 1 aliphatic rings. The van der Waals surface area contributed by atoms with Crippen molar-refractivity contribution in [3.63, 3.8) is 0 Å². The first-order valence-corrected chi connectivity index (χ1v) is 17.0. The van der Waals surface area contributed by atoms with Crippen LogP contribution in [0.1, 0.15) is 0 Å². The van der Waals surface area contributed by atoms with E-state index in [2.05, 4.69) is 205 Å². The van der Waals surface area contributed by atoms with Crippen LogP contribution in [0.3, 0.4) is 0 Å². The molecule has 8 aromatic carbocycles. The van der Waals surface area contributed by atoms with Crippen LogP contribution in [-0.4, -0.2) is 0 Å². The van der Waals surface area contributed by atoms with Gasteiger partial charge in [-0.2, -0.15) is 0 Å². The molecule has 0 bridgehead atoms. The molecule has 50 heavy (non-hydrogen) atoms. The lowest BCUT2D eigenvalue weighted by Crippen LogP contribution is -2.11. The van der Waals surface area contributed by atoms with Crippen molar-refractivity contribution in [1.29, 1.82) is 0 Å². The third-order valence-electron chi connectivity index (χ3n) is 9.51. The first-order chi connectivity index (χ1) is 24.8. The van der Waals surface area contributed by atoms with Gasteiger partial charge in [-0.25, -0.2) is 0 Å². The lowest BCUT2D eigenvalue weighted by atomic mass is 9.89. The SMILES string of the molecule is c1ccc(-c2ccc(N(c3ccc(-c4ccccc4)cc3)c3cccc4c3Oc3cccc(-c5ccccc5)c3-c3ccccc3-4)cc2)cc1. The Morgan fingerprint density at radius 1 is 0.300 bits per heavy atom. The normalized spacial score (nSPS) is 11.4. The molecule has 1 aliphatic heterocycles. The molecule has 0 spiro atoms. The van der Waals surface area contributed by atoms with E-state index in [4.69, 9.17) is 4.74 Å². The van der Waals surface area contributed by atoms with Gasteiger partial charge in [-0.15, -0.1) is 0 Å². The minimum absolute atomic E-state index is 0.822. The maximum Gasteiger partial charge on any atom is 0.159 e. The average molecular weight is 640 g/mol. The quantitative estimate of drug-likeness (QED) is 0.179. The van der Waals surface area contributed by atoms with Gasteiger partial charge in [0.2, 0.25) is 0 Å². The van der Waals surface area contributed by atoms with E-state index in [1.54, 1.807) is 0 Å². The second-order valence-corrected chi connectivity index (χ2v) is 12.5. The maximum absolute atomic E-state index is 7.15. The smallest absolute Gasteiger partial charge is 0.159 e. The lowest BCUT2D eigenvalue weighted by Gasteiger charge is -2.28. The Balaban J connectivity index is 1.24. The van der Waals surface area contributed by atoms with Crippen molar-refractivity contribution >= 4 is 17.1 Å². The summed E-state index contributed by atoms with van der Waals surface area (Å²) in [4.78, 5) is 2.32. The Labute approximate surface area is 293 Å². The van der Waals surface area contributed by atoms with Crippen LogP contribution in [0, 0.1) is 0 Å². The molecule has 0 amide bonds. The molecule has 9 rings (SSSR count). The minimum Gasteiger partial charge on any atom is -0.454 e. The Morgan fingerprint density at radius 3 is 1.32 bits per heavy atom. The van der Waals surface area contributed by atoms with E-state index in [0.29, 0.717) is 0 Å². The van der Waals surface area contributed by atoms with E-state index in [1.165, 1.54) is 22.3 Å². The van der Waals surface area contributed by atoms with Crippen LogP contribution in [-0.2, 0) is 0 Å². The Hall–Kier alpha value is -6.64. The highest BCUT2D eigenvalue weighted by molar-refractivity contribution is 6.00. The summed E-state index contributed by atoms with van der Waals surface area (Å²) in [7, 11) is 0. The van der Waals surface area contributed by atoms with Crippen molar-refractivity contribution in [1.82, 2.24) is 0 Å². The summed E-state index contributed by atoms with van der Waals surface area (Å²) >= 11 is 0. The zero-order valence-corrected chi connectivity index (χ0v) is 27.4. The molecule has 2 nitrogen and oxygen atoms in total. The maximum atomic E-state index is 7.15. The van der Waals surface area contributed by atoms with Crippen LogP contribution in [0.15, 0.2) is 200 Å². The molecule has 0 saturated heterocycles. The Kier molecular flexibility index (Phi) is 7.53. The Morgan fingerprint density at radius 2 is 0.740 bits per heavy atom. The van der Waals surface area contributed by atoms with E-state index in [1.807, 2.05) is 0 Å². The first-order valence-electron chi connectivity index (χ1n) is 17.0. The van der Waals surface area contributed by atoms with Crippen LogP contribution in [0.2, 0.25) is 0 Å². The van der Waals surface area contributed by atoms with E-state index >= 15 is 0 Å².